The molecule has 0 saturated carbocycles. The predicted molar refractivity (Wildman–Crippen MR) is 67.9 cm³/mol. The van der Waals surface area contributed by atoms with Crippen LogP contribution in [0.5, 0.6) is 0 Å². The Balaban J connectivity index is 2.45. The average Bonchev–Trinajstić information content (AvgIpc) is 2.78. The zero-order valence-electron chi connectivity index (χ0n) is 10.8. The molecular formula is C14H18N2O. The molecule has 0 saturated heterocycles. The van der Waals surface area contributed by atoms with E-state index in [1.54, 1.807) is 0 Å². The number of hydrogen-bond donors (Lipinski definition) is 0. The van der Waals surface area contributed by atoms with Gasteiger partial charge < -0.3 is 4.42 Å². The van der Waals surface area contributed by atoms with E-state index in [4.69, 9.17) is 4.42 Å². The van der Waals surface area contributed by atoms with E-state index in [0.29, 0.717) is 17.7 Å². The first-order chi connectivity index (χ1) is 8.09. The lowest BCUT2D eigenvalue weighted by molar-refractivity contribution is 0.480. The Morgan fingerprint density at radius 3 is 2.24 bits per heavy atom. The normalized spacial score (nSPS) is 11.4. The summed E-state index contributed by atoms with van der Waals surface area (Å²) < 4.78 is 5.70. The van der Waals surface area contributed by atoms with Crippen molar-refractivity contribution in [1.82, 2.24) is 10.2 Å². The molecule has 0 aliphatic heterocycles. The van der Waals surface area contributed by atoms with Crippen LogP contribution in [0.15, 0.2) is 28.7 Å². The summed E-state index contributed by atoms with van der Waals surface area (Å²) in [5.74, 6) is 2.03. The lowest BCUT2D eigenvalue weighted by Crippen LogP contribution is -1.91. The molecule has 0 unspecified atom stereocenters. The second-order valence-electron chi connectivity index (χ2n) is 4.84. The smallest absolute Gasteiger partial charge is 0.248 e. The fraction of sp³-hybridized carbons (Fsp3) is 0.429. The minimum atomic E-state index is 0.266. The van der Waals surface area contributed by atoms with Gasteiger partial charge in [-0.1, -0.05) is 45.9 Å². The van der Waals surface area contributed by atoms with E-state index in [1.165, 1.54) is 5.56 Å². The van der Waals surface area contributed by atoms with Crippen molar-refractivity contribution < 1.29 is 4.42 Å². The Hall–Kier alpha value is -1.64. The minimum absolute atomic E-state index is 0.266. The quantitative estimate of drug-likeness (QED) is 0.800. The van der Waals surface area contributed by atoms with Gasteiger partial charge in [0.2, 0.25) is 11.8 Å². The monoisotopic (exact) mass is 230 g/mol. The molecule has 3 nitrogen and oxygen atoms in total. The molecule has 1 aromatic carbocycles. The Bertz CT molecular complexity index is 500. The van der Waals surface area contributed by atoms with Crippen LogP contribution >= 0.6 is 0 Å². The lowest BCUT2D eigenvalue weighted by atomic mass is 9.97. The molecule has 0 fully saturated rings. The van der Waals surface area contributed by atoms with Crippen molar-refractivity contribution in [1.29, 1.82) is 0 Å². The highest BCUT2D eigenvalue weighted by molar-refractivity contribution is 5.59. The first kappa shape index (κ1) is 11.8. The van der Waals surface area contributed by atoms with Crippen LogP contribution in [-0.2, 0) is 0 Å². The van der Waals surface area contributed by atoms with Gasteiger partial charge >= 0.3 is 0 Å². The highest BCUT2D eigenvalue weighted by Crippen LogP contribution is 2.29. The fourth-order valence-corrected chi connectivity index (χ4v) is 1.77. The Morgan fingerprint density at radius 1 is 0.941 bits per heavy atom. The largest absolute Gasteiger partial charge is 0.420 e. The molecule has 0 amide bonds. The minimum Gasteiger partial charge on any atom is -0.420 e. The standard InChI is InChI=1S/C14H18N2O/c1-9(2)11-7-5-6-8-12(11)14-16-15-13(17-14)10(3)4/h5-10H,1-4H3. The van der Waals surface area contributed by atoms with Crippen LogP contribution in [-0.4, -0.2) is 10.2 Å². The van der Waals surface area contributed by atoms with Crippen LogP contribution in [0, 0.1) is 0 Å². The van der Waals surface area contributed by atoms with Crippen LogP contribution in [0.3, 0.4) is 0 Å². The average molecular weight is 230 g/mol. The Morgan fingerprint density at radius 2 is 1.65 bits per heavy atom. The van der Waals surface area contributed by atoms with Gasteiger partial charge in [0.15, 0.2) is 0 Å². The van der Waals surface area contributed by atoms with Gasteiger partial charge in [0.1, 0.15) is 0 Å². The summed E-state index contributed by atoms with van der Waals surface area (Å²) in [6, 6.07) is 8.19. The summed E-state index contributed by atoms with van der Waals surface area (Å²) in [6.45, 7) is 8.43. The third-order valence-electron chi connectivity index (χ3n) is 2.75. The topological polar surface area (TPSA) is 38.9 Å². The second kappa shape index (κ2) is 4.70. The van der Waals surface area contributed by atoms with Crippen LogP contribution in [0.1, 0.15) is 51.0 Å². The first-order valence-electron chi connectivity index (χ1n) is 6.02. The van der Waals surface area contributed by atoms with Crippen LogP contribution in [0.25, 0.3) is 11.5 Å². The number of rotatable bonds is 3. The summed E-state index contributed by atoms with van der Waals surface area (Å²) in [6.07, 6.45) is 0. The van der Waals surface area contributed by atoms with Crippen molar-refractivity contribution in [3.63, 3.8) is 0 Å². The van der Waals surface area contributed by atoms with Crippen molar-refractivity contribution in [2.75, 3.05) is 0 Å². The molecule has 0 atom stereocenters. The van der Waals surface area contributed by atoms with Crippen LogP contribution in [0.4, 0.5) is 0 Å². The number of aromatic nitrogens is 2. The lowest BCUT2D eigenvalue weighted by Gasteiger charge is -2.09. The Kier molecular flexibility index (Phi) is 3.27. The zero-order chi connectivity index (χ0) is 12.4. The zero-order valence-corrected chi connectivity index (χ0v) is 10.8. The van der Waals surface area contributed by atoms with Gasteiger partial charge in [-0.15, -0.1) is 10.2 Å². The second-order valence-corrected chi connectivity index (χ2v) is 4.84. The van der Waals surface area contributed by atoms with Crippen molar-refractivity contribution in [3.8, 4) is 11.5 Å². The molecule has 0 aliphatic carbocycles. The van der Waals surface area contributed by atoms with Gasteiger partial charge in [-0.3, -0.25) is 0 Å². The highest BCUT2D eigenvalue weighted by Gasteiger charge is 2.15. The van der Waals surface area contributed by atoms with Gasteiger partial charge in [-0.25, -0.2) is 0 Å². The van der Waals surface area contributed by atoms with E-state index >= 15 is 0 Å². The SMILES string of the molecule is CC(C)c1nnc(-c2ccccc2C(C)C)o1. The first-order valence-corrected chi connectivity index (χ1v) is 6.02. The third kappa shape index (κ3) is 2.38. The molecule has 0 spiro atoms. The van der Waals surface area contributed by atoms with E-state index in [2.05, 4.69) is 30.1 Å². The third-order valence-corrected chi connectivity index (χ3v) is 2.75. The maximum absolute atomic E-state index is 5.70. The highest BCUT2D eigenvalue weighted by atomic mass is 16.4. The number of nitrogens with zero attached hydrogens (tertiary/aromatic N) is 2. The van der Waals surface area contributed by atoms with Gasteiger partial charge in [0.25, 0.3) is 0 Å². The molecule has 0 radical (unpaired) electrons. The summed E-state index contributed by atoms with van der Waals surface area (Å²) >= 11 is 0. The molecule has 3 heteroatoms. The van der Waals surface area contributed by atoms with E-state index in [9.17, 15) is 0 Å². The van der Waals surface area contributed by atoms with E-state index in [-0.39, 0.29) is 5.92 Å². The predicted octanol–water partition coefficient (Wildman–Crippen LogP) is 3.98. The van der Waals surface area contributed by atoms with Crippen molar-refractivity contribution >= 4 is 0 Å². The fourth-order valence-electron chi connectivity index (χ4n) is 1.77. The summed E-state index contributed by atoms with van der Waals surface area (Å²) in [7, 11) is 0. The molecule has 2 rings (SSSR count). The van der Waals surface area contributed by atoms with Gasteiger partial charge in [-0.05, 0) is 17.5 Å². The van der Waals surface area contributed by atoms with Crippen LogP contribution < -0.4 is 0 Å². The molecule has 0 N–H and O–H groups in total. The molecule has 0 bridgehead atoms. The van der Waals surface area contributed by atoms with Crippen molar-refractivity contribution in [2.24, 2.45) is 0 Å². The summed E-state index contributed by atoms with van der Waals surface area (Å²) in [4.78, 5) is 0. The number of hydrogen-bond acceptors (Lipinski definition) is 3. The van der Waals surface area contributed by atoms with E-state index in [1.807, 2.05) is 32.0 Å². The molecule has 0 aliphatic rings. The molecule has 1 heterocycles. The van der Waals surface area contributed by atoms with Crippen molar-refractivity contribution in [2.45, 2.75) is 39.5 Å². The number of benzene rings is 1. The van der Waals surface area contributed by atoms with E-state index < -0.39 is 0 Å². The Labute approximate surface area is 102 Å². The van der Waals surface area contributed by atoms with Gasteiger partial charge in [0, 0.05) is 11.5 Å². The van der Waals surface area contributed by atoms with Gasteiger partial charge in [-0.2, -0.15) is 0 Å². The van der Waals surface area contributed by atoms with Gasteiger partial charge in [0.05, 0.1) is 0 Å². The maximum Gasteiger partial charge on any atom is 0.248 e. The molecular weight excluding hydrogens is 212 g/mol. The molecule has 2 aromatic rings. The van der Waals surface area contributed by atoms with Crippen LogP contribution in [0.2, 0.25) is 0 Å². The summed E-state index contributed by atoms with van der Waals surface area (Å²) in [5, 5.41) is 8.21. The van der Waals surface area contributed by atoms with Crippen molar-refractivity contribution in [3.05, 3.63) is 35.7 Å². The molecule has 1 aromatic heterocycles. The summed E-state index contributed by atoms with van der Waals surface area (Å²) in [5.41, 5.74) is 2.29. The molecule has 17 heavy (non-hydrogen) atoms. The maximum atomic E-state index is 5.70. The molecule has 90 valence electrons. The van der Waals surface area contributed by atoms with E-state index in [0.717, 1.165) is 5.56 Å².